The number of rotatable bonds is 10. The summed E-state index contributed by atoms with van der Waals surface area (Å²) >= 11 is 0. The lowest BCUT2D eigenvalue weighted by Crippen LogP contribution is -2.64. The molecule has 0 amide bonds. The van der Waals surface area contributed by atoms with E-state index >= 15 is 0 Å². The van der Waals surface area contributed by atoms with Crippen molar-refractivity contribution >= 4 is 15.8 Å². The van der Waals surface area contributed by atoms with Crippen LogP contribution in [0.25, 0.3) is 0 Å². The molecule has 59 heavy (non-hydrogen) atoms. The van der Waals surface area contributed by atoms with E-state index in [2.05, 4.69) is 65.6 Å². The van der Waals surface area contributed by atoms with Crippen LogP contribution in [0, 0.1) is 62.6 Å². The number of fused-ring (bicyclic) bond motifs is 7. The lowest BCUT2D eigenvalue weighted by Gasteiger charge is -2.71. The number of hydrogen-bond donors (Lipinski definition) is 2. The molecule has 1 saturated heterocycles. The monoisotopic (exact) mass is 832 g/mol. The van der Waals surface area contributed by atoms with Crippen LogP contribution < -0.4 is 5.32 Å². The summed E-state index contributed by atoms with van der Waals surface area (Å²) in [6, 6.07) is 10.1. The molecular formula is C51H74FNO5S. The van der Waals surface area contributed by atoms with Crippen molar-refractivity contribution in [1.29, 1.82) is 0 Å². The van der Waals surface area contributed by atoms with E-state index in [0.717, 1.165) is 24.9 Å². The molecule has 1 aromatic rings. The highest BCUT2D eigenvalue weighted by molar-refractivity contribution is 7.91. The zero-order valence-electron chi connectivity index (χ0n) is 37.1. The molecule has 1 aliphatic heterocycles. The lowest BCUT2D eigenvalue weighted by molar-refractivity contribution is -0.217. The Morgan fingerprint density at radius 3 is 2.29 bits per heavy atom. The van der Waals surface area contributed by atoms with Gasteiger partial charge in [-0.05, 0) is 177 Å². The van der Waals surface area contributed by atoms with Crippen LogP contribution >= 0.6 is 0 Å². The van der Waals surface area contributed by atoms with Crippen molar-refractivity contribution in [2.75, 3.05) is 24.7 Å². The smallest absolute Gasteiger partial charge is 0.315 e. The molecule has 0 radical (unpaired) electrons. The summed E-state index contributed by atoms with van der Waals surface area (Å²) in [5.41, 5.74) is 3.67. The molecule has 1 unspecified atom stereocenters. The molecule has 0 aromatic heterocycles. The van der Waals surface area contributed by atoms with Crippen molar-refractivity contribution in [2.45, 2.75) is 150 Å². The van der Waals surface area contributed by atoms with Gasteiger partial charge in [-0.3, -0.25) is 4.79 Å². The quantitative estimate of drug-likeness (QED) is 0.180. The van der Waals surface area contributed by atoms with E-state index in [1.165, 1.54) is 55.2 Å². The first-order valence-electron chi connectivity index (χ1n) is 23.3. The fourth-order valence-corrected chi connectivity index (χ4v) is 17.2. The Balaban J connectivity index is 0.971. The third kappa shape index (κ3) is 7.27. The molecule has 2 N–H and O–H groups in total. The minimum absolute atomic E-state index is 0.0203. The van der Waals surface area contributed by atoms with Gasteiger partial charge >= 0.3 is 5.97 Å². The number of sulfone groups is 1. The van der Waals surface area contributed by atoms with E-state index in [0.29, 0.717) is 80.1 Å². The molecule has 4 saturated carbocycles. The maximum absolute atomic E-state index is 14.8. The van der Waals surface area contributed by atoms with Crippen molar-refractivity contribution < 1.29 is 27.4 Å². The number of carbonyl (C=O) groups is 1. The van der Waals surface area contributed by atoms with Crippen LogP contribution in [0.2, 0.25) is 0 Å². The highest BCUT2D eigenvalue weighted by Crippen LogP contribution is 2.76. The molecule has 6 aliphatic carbocycles. The SMILES string of the molecule is C=C(C)[C@@H]1C[C@@H](NCCC2(O)CCS(=O)(=O)CC2)C2CC[C@]3(C)[C@H](CC[C@@H]4[C@@]5(C)CC=C(C6=CC[C@](CF)(C(=O)OCc7ccccc7)CC6)C(C)(C)[C@@H]5CC[C@]43C)[C@H]21. The largest absolute Gasteiger partial charge is 0.460 e. The third-order valence-electron chi connectivity index (χ3n) is 19.2. The molecule has 1 heterocycles. The maximum atomic E-state index is 14.8. The Morgan fingerprint density at radius 2 is 1.63 bits per heavy atom. The second-order valence-electron chi connectivity index (χ2n) is 22.3. The van der Waals surface area contributed by atoms with Crippen LogP contribution in [0.1, 0.15) is 137 Å². The number of hydrogen-bond acceptors (Lipinski definition) is 6. The molecule has 6 nitrogen and oxygen atoms in total. The summed E-state index contributed by atoms with van der Waals surface area (Å²) in [7, 11) is -3.02. The second kappa shape index (κ2) is 15.5. The van der Waals surface area contributed by atoms with E-state index in [1.54, 1.807) is 0 Å². The fourth-order valence-electron chi connectivity index (χ4n) is 15.6. The highest BCUT2D eigenvalue weighted by Gasteiger charge is 2.69. The van der Waals surface area contributed by atoms with Crippen molar-refractivity contribution in [2.24, 2.45) is 62.6 Å². The Kier molecular flexibility index (Phi) is 11.4. The molecule has 8 rings (SSSR count). The molecule has 1 aromatic carbocycles. The summed E-state index contributed by atoms with van der Waals surface area (Å²) in [6.45, 7) is 20.0. The number of aliphatic hydroxyl groups is 1. The zero-order chi connectivity index (χ0) is 42.2. The van der Waals surface area contributed by atoms with Gasteiger partial charge in [0.05, 0.1) is 22.5 Å². The molecular weight excluding hydrogens is 758 g/mol. The van der Waals surface area contributed by atoms with Crippen LogP contribution in [0.3, 0.4) is 0 Å². The van der Waals surface area contributed by atoms with Gasteiger partial charge in [-0.1, -0.05) is 89.3 Å². The van der Waals surface area contributed by atoms with E-state index in [1.807, 2.05) is 30.3 Å². The first-order valence-corrected chi connectivity index (χ1v) is 25.1. The predicted molar refractivity (Wildman–Crippen MR) is 235 cm³/mol. The van der Waals surface area contributed by atoms with Crippen molar-refractivity contribution in [3.63, 3.8) is 0 Å². The van der Waals surface area contributed by atoms with Gasteiger partial charge in [0.25, 0.3) is 0 Å². The van der Waals surface area contributed by atoms with Crippen LogP contribution in [0.4, 0.5) is 4.39 Å². The van der Waals surface area contributed by atoms with Gasteiger partial charge in [0.15, 0.2) is 9.84 Å². The Hall–Kier alpha value is -2.29. The number of ether oxygens (including phenoxy) is 1. The van der Waals surface area contributed by atoms with Crippen LogP contribution in [0.15, 0.2) is 65.8 Å². The Labute approximate surface area is 355 Å². The predicted octanol–water partition coefficient (Wildman–Crippen LogP) is 10.5. The highest BCUT2D eigenvalue weighted by atomic mass is 32.2. The first-order chi connectivity index (χ1) is 27.8. The second-order valence-corrected chi connectivity index (χ2v) is 24.6. The van der Waals surface area contributed by atoms with Crippen molar-refractivity contribution in [3.05, 3.63) is 71.3 Å². The van der Waals surface area contributed by atoms with Gasteiger partial charge in [-0.15, -0.1) is 0 Å². The van der Waals surface area contributed by atoms with Gasteiger partial charge < -0.3 is 15.2 Å². The number of esters is 1. The molecule has 0 spiro atoms. The normalized spacial score (nSPS) is 41.9. The van der Waals surface area contributed by atoms with Gasteiger partial charge in [0.2, 0.25) is 0 Å². The molecule has 5 fully saturated rings. The van der Waals surface area contributed by atoms with E-state index in [4.69, 9.17) is 4.74 Å². The van der Waals surface area contributed by atoms with Gasteiger partial charge in [-0.25, -0.2) is 12.8 Å². The number of alkyl halides is 1. The average molecular weight is 832 g/mol. The lowest BCUT2D eigenvalue weighted by atomic mass is 9.33. The zero-order valence-corrected chi connectivity index (χ0v) is 37.9. The van der Waals surface area contributed by atoms with Crippen LogP contribution in [-0.4, -0.2) is 55.9 Å². The summed E-state index contributed by atoms with van der Waals surface area (Å²) in [4.78, 5) is 13.4. The topological polar surface area (TPSA) is 92.7 Å². The molecule has 7 aliphatic rings. The summed E-state index contributed by atoms with van der Waals surface area (Å²) in [6.07, 6.45) is 17.4. The first kappa shape index (κ1) is 43.4. The molecule has 11 atom stereocenters. The Morgan fingerprint density at radius 1 is 0.915 bits per heavy atom. The number of nitrogens with one attached hydrogen (secondary N) is 1. The minimum Gasteiger partial charge on any atom is -0.460 e. The minimum atomic E-state index is -3.02. The fraction of sp³-hybridized carbons (Fsp3) is 0.745. The molecule has 326 valence electrons. The third-order valence-corrected chi connectivity index (χ3v) is 20.9. The Bertz CT molecular complexity index is 1940. The number of benzene rings is 1. The summed E-state index contributed by atoms with van der Waals surface area (Å²) in [5, 5.41) is 15.2. The van der Waals surface area contributed by atoms with Crippen LogP contribution in [0.5, 0.6) is 0 Å². The average Bonchev–Trinajstić information content (AvgIpc) is 3.57. The van der Waals surface area contributed by atoms with E-state index in [9.17, 15) is 22.7 Å². The van der Waals surface area contributed by atoms with Crippen molar-refractivity contribution in [3.8, 4) is 0 Å². The van der Waals surface area contributed by atoms with Gasteiger partial charge in [0.1, 0.15) is 13.3 Å². The van der Waals surface area contributed by atoms with Gasteiger partial charge in [-0.2, -0.15) is 0 Å². The van der Waals surface area contributed by atoms with Gasteiger partial charge in [0, 0.05) is 6.04 Å². The summed E-state index contributed by atoms with van der Waals surface area (Å²) < 4.78 is 44.6. The van der Waals surface area contributed by atoms with Crippen LogP contribution in [-0.2, 0) is 26.0 Å². The molecule has 0 bridgehead atoms. The van der Waals surface area contributed by atoms with Crippen molar-refractivity contribution in [1.82, 2.24) is 5.32 Å². The van der Waals surface area contributed by atoms with E-state index < -0.39 is 33.5 Å². The molecule has 8 heteroatoms. The number of allylic oxidation sites excluding steroid dienone is 5. The number of halogens is 1. The standard InChI is InChI=1S/C51H74FNO5S/c1-34(2)38-31-41(53-28-25-51(55)26-29-59(56,57)30-27-51)37-17-21-48(6)40(44(37)38)13-14-43-47(5)20-18-39(46(3,4)42(47)19-22-49(43,48)7)36-15-23-50(33-52,24-16-36)45(54)58-32-35-11-9-8-10-12-35/h8-12,15,18,37-38,40-44,53,55H,1,13-14,16-17,19-33H2,2-7H3/t37?,38-,40+,41+,42-,43+,44+,47-,48+,49+,50-/m0/s1. The van der Waals surface area contributed by atoms with E-state index in [-0.39, 0.29) is 39.8 Å². The summed E-state index contributed by atoms with van der Waals surface area (Å²) in [5.74, 6) is 3.36. The maximum Gasteiger partial charge on any atom is 0.315 e. The number of carbonyl (C=O) groups excluding carboxylic acids is 1.